The Morgan fingerprint density at radius 3 is 2.78 bits per heavy atom. The molecule has 4 heteroatoms. The lowest BCUT2D eigenvalue weighted by Crippen LogP contribution is -2.41. The van der Waals surface area contributed by atoms with Crippen molar-refractivity contribution in [2.45, 2.75) is 31.6 Å². The predicted octanol–water partition coefficient (Wildman–Crippen LogP) is 1.77. The molecule has 0 radical (unpaired) electrons. The quantitative estimate of drug-likeness (QED) is 0.826. The third-order valence-electron chi connectivity index (χ3n) is 2.88. The number of benzene rings is 1. The molecule has 2 atom stereocenters. The fourth-order valence-electron chi connectivity index (χ4n) is 1.84. The van der Waals surface area contributed by atoms with E-state index < -0.39 is 0 Å². The Hall–Kier alpha value is -1.00. The van der Waals surface area contributed by atoms with Gasteiger partial charge in [0.1, 0.15) is 0 Å². The van der Waals surface area contributed by atoms with E-state index in [0.29, 0.717) is 6.42 Å². The standard InChI is InChI=1S/C14H21NO2S/c1-10-5-4-6-12(7-10)8-14(17)15-11(2)13(9-16)18-3/h4-7,11,13,16H,8-9H2,1-3H3,(H,15,17). The van der Waals surface area contributed by atoms with Gasteiger partial charge in [0, 0.05) is 11.3 Å². The lowest BCUT2D eigenvalue weighted by atomic mass is 10.1. The average Bonchev–Trinajstić information content (AvgIpc) is 2.30. The van der Waals surface area contributed by atoms with Crippen LogP contribution in [0, 0.1) is 6.92 Å². The zero-order chi connectivity index (χ0) is 13.5. The first-order valence-electron chi connectivity index (χ1n) is 6.05. The molecular formula is C14H21NO2S. The molecule has 18 heavy (non-hydrogen) atoms. The molecule has 0 saturated carbocycles. The maximum absolute atomic E-state index is 11.9. The Morgan fingerprint density at radius 2 is 2.22 bits per heavy atom. The molecule has 0 bridgehead atoms. The maximum Gasteiger partial charge on any atom is 0.224 e. The minimum Gasteiger partial charge on any atom is -0.395 e. The fourth-order valence-corrected chi connectivity index (χ4v) is 2.47. The highest BCUT2D eigenvalue weighted by Gasteiger charge is 2.17. The summed E-state index contributed by atoms with van der Waals surface area (Å²) in [5.41, 5.74) is 2.18. The molecule has 0 spiro atoms. The largest absolute Gasteiger partial charge is 0.395 e. The lowest BCUT2D eigenvalue weighted by molar-refractivity contribution is -0.121. The van der Waals surface area contributed by atoms with Gasteiger partial charge in [0.25, 0.3) is 0 Å². The summed E-state index contributed by atoms with van der Waals surface area (Å²) in [6.45, 7) is 4.01. The molecule has 0 fully saturated rings. The number of amides is 1. The van der Waals surface area contributed by atoms with Crippen molar-refractivity contribution in [3.63, 3.8) is 0 Å². The fraction of sp³-hybridized carbons (Fsp3) is 0.500. The van der Waals surface area contributed by atoms with Crippen molar-refractivity contribution in [2.24, 2.45) is 0 Å². The SMILES string of the molecule is CSC(CO)C(C)NC(=O)Cc1cccc(C)c1. The van der Waals surface area contributed by atoms with Crippen LogP contribution in [0.5, 0.6) is 0 Å². The third kappa shape index (κ3) is 4.70. The number of aliphatic hydroxyl groups excluding tert-OH is 1. The van der Waals surface area contributed by atoms with Crippen LogP contribution < -0.4 is 5.32 Å². The second-order valence-electron chi connectivity index (χ2n) is 4.48. The first-order valence-corrected chi connectivity index (χ1v) is 7.34. The molecule has 0 aliphatic rings. The van der Waals surface area contributed by atoms with Crippen LogP contribution >= 0.6 is 11.8 Å². The molecule has 0 aliphatic heterocycles. The van der Waals surface area contributed by atoms with Gasteiger partial charge in [-0.15, -0.1) is 0 Å². The normalized spacial score (nSPS) is 14.0. The molecule has 1 aromatic carbocycles. The van der Waals surface area contributed by atoms with Gasteiger partial charge in [0.2, 0.25) is 5.91 Å². The topological polar surface area (TPSA) is 49.3 Å². The Bertz CT molecular complexity index is 391. The summed E-state index contributed by atoms with van der Waals surface area (Å²) < 4.78 is 0. The lowest BCUT2D eigenvalue weighted by Gasteiger charge is -2.21. The van der Waals surface area contributed by atoms with E-state index in [-0.39, 0.29) is 23.8 Å². The molecule has 1 aromatic rings. The molecule has 0 aliphatic carbocycles. The van der Waals surface area contributed by atoms with E-state index >= 15 is 0 Å². The van der Waals surface area contributed by atoms with E-state index in [0.717, 1.165) is 11.1 Å². The highest BCUT2D eigenvalue weighted by molar-refractivity contribution is 7.99. The van der Waals surface area contributed by atoms with Crippen molar-refractivity contribution >= 4 is 17.7 Å². The van der Waals surface area contributed by atoms with Gasteiger partial charge in [0.15, 0.2) is 0 Å². The Kier molecular flexibility index (Phi) is 6.22. The minimum absolute atomic E-state index is 0.000556. The van der Waals surface area contributed by atoms with E-state index in [1.807, 2.05) is 44.4 Å². The van der Waals surface area contributed by atoms with Crippen molar-refractivity contribution in [3.05, 3.63) is 35.4 Å². The Balaban J connectivity index is 2.51. The molecule has 1 amide bonds. The summed E-state index contributed by atoms with van der Waals surface area (Å²) in [6.07, 6.45) is 2.32. The summed E-state index contributed by atoms with van der Waals surface area (Å²) in [7, 11) is 0. The second kappa shape index (κ2) is 7.44. The van der Waals surface area contributed by atoms with Crippen LogP contribution in [0.2, 0.25) is 0 Å². The van der Waals surface area contributed by atoms with Crippen molar-refractivity contribution in [1.29, 1.82) is 0 Å². The van der Waals surface area contributed by atoms with Gasteiger partial charge >= 0.3 is 0 Å². The number of carbonyl (C=O) groups excluding carboxylic acids is 1. The number of hydrogen-bond donors (Lipinski definition) is 2. The predicted molar refractivity (Wildman–Crippen MR) is 76.9 cm³/mol. The summed E-state index contributed by atoms with van der Waals surface area (Å²) >= 11 is 1.56. The first-order chi connectivity index (χ1) is 8.56. The van der Waals surface area contributed by atoms with E-state index in [4.69, 9.17) is 5.11 Å². The highest BCUT2D eigenvalue weighted by Crippen LogP contribution is 2.11. The van der Waals surface area contributed by atoms with Crippen molar-refractivity contribution < 1.29 is 9.90 Å². The Morgan fingerprint density at radius 1 is 1.50 bits per heavy atom. The van der Waals surface area contributed by atoms with Crippen LogP contribution in [0.4, 0.5) is 0 Å². The zero-order valence-corrected chi connectivity index (χ0v) is 12.0. The molecule has 1 rings (SSSR count). The van der Waals surface area contributed by atoms with Gasteiger partial charge in [-0.3, -0.25) is 4.79 Å². The van der Waals surface area contributed by atoms with Gasteiger partial charge in [-0.05, 0) is 25.7 Å². The van der Waals surface area contributed by atoms with E-state index in [1.54, 1.807) is 11.8 Å². The number of aryl methyl sites for hydroxylation is 1. The summed E-state index contributed by atoms with van der Waals surface area (Å²) in [5, 5.41) is 12.1. The summed E-state index contributed by atoms with van der Waals surface area (Å²) in [6, 6.07) is 7.92. The molecule has 0 aromatic heterocycles. The van der Waals surface area contributed by atoms with Crippen LogP contribution in [-0.2, 0) is 11.2 Å². The zero-order valence-electron chi connectivity index (χ0n) is 11.1. The molecule has 0 heterocycles. The van der Waals surface area contributed by atoms with Crippen LogP contribution in [0.3, 0.4) is 0 Å². The van der Waals surface area contributed by atoms with E-state index in [2.05, 4.69) is 5.32 Å². The number of hydrogen-bond acceptors (Lipinski definition) is 3. The summed E-state index contributed by atoms with van der Waals surface area (Å²) in [4.78, 5) is 11.9. The van der Waals surface area contributed by atoms with Crippen LogP contribution in [-0.4, -0.2) is 35.2 Å². The van der Waals surface area contributed by atoms with Crippen LogP contribution in [0.1, 0.15) is 18.1 Å². The second-order valence-corrected chi connectivity index (χ2v) is 5.56. The first kappa shape index (κ1) is 15.1. The maximum atomic E-state index is 11.9. The Labute approximate surface area is 113 Å². The summed E-state index contributed by atoms with van der Waals surface area (Å²) in [5.74, 6) is 0.000556. The number of rotatable bonds is 6. The van der Waals surface area contributed by atoms with Gasteiger partial charge in [-0.25, -0.2) is 0 Å². The smallest absolute Gasteiger partial charge is 0.224 e. The van der Waals surface area contributed by atoms with E-state index in [9.17, 15) is 4.79 Å². The van der Waals surface area contributed by atoms with Crippen molar-refractivity contribution in [2.75, 3.05) is 12.9 Å². The third-order valence-corrected chi connectivity index (χ3v) is 4.04. The van der Waals surface area contributed by atoms with Gasteiger partial charge in [-0.1, -0.05) is 29.8 Å². The molecule has 2 unspecified atom stereocenters. The van der Waals surface area contributed by atoms with Gasteiger partial charge in [-0.2, -0.15) is 11.8 Å². The number of carbonyl (C=O) groups is 1. The molecular weight excluding hydrogens is 246 g/mol. The molecule has 100 valence electrons. The van der Waals surface area contributed by atoms with Gasteiger partial charge < -0.3 is 10.4 Å². The van der Waals surface area contributed by atoms with Crippen molar-refractivity contribution in [3.8, 4) is 0 Å². The molecule has 2 N–H and O–H groups in total. The van der Waals surface area contributed by atoms with Crippen LogP contribution in [0.15, 0.2) is 24.3 Å². The minimum atomic E-state index is -0.0256. The van der Waals surface area contributed by atoms with Crippen molar-refractivity contribution in [1.82, 2.24) is 5.32 Å². The van der Waals surface area contributed by atoms with Gasteiger partial charge in [0.05, 0.1) is 13.0 Å². The number of aliphatic hydroxyl groups is 1. The highest BCUT2D eigenvalue weighted by atomic mass is 32.2. The van der Waals surface area contributed by atoms with Crippen LogP contribution in [0.25, 0.3) is 0 Å². The van der Waals surface area contributed by atoms with E-state index in [1.165, 1.54) is 0 Å². The molecule has 3 nitrogen and oxygen atoms in total. The monoisotopic (exact) mass is 267 g/mol. The number of nitrogens with one attached hydrogen (secondary N) is 1. The number of thioether (sulfide) groups is 1. The molecule has 0 saturated heterocycles. The average molecular weight is 267 g/mol.